The van der Waals surface area contributed by atoms with Gasteiger partial charge in [-0.3, -0.25) is 4.98 Å². The molecule has 0 aliphatic heterocycles. The Hall–Kier alpha value is -1.32. The van der Waals surface area contributed by atoms with E-state index in [-0.39, 0.29) is 0 Å². The molecule has 0 radical (unpaired) electrons. The van der Waals surface area contributed by atoms with Crippen LogP contribution in [0.4, 0.5) is 11.6 Å². The van der Waals surface area contributed by atoms with E-state index in [9.17, 15) is 0 Å². The molecule has 0 spiro atoms. The van der Waals surface area contributed by atoms with Gasteiger partial charge in [0.15, 0.2) is 0 Å². The van der Waals surface area contributed by atoms with Crippen LogP contribution < -0.4 is 10.2 Å². The van der Waals surface area contributed by atoms with Crippen LogP contribution in [0.25, 0.3) is 0 Å². The molecule has 0 aromatic carbocycles. The molecule has 0 amide bonds. The fraction of sp³-hybridized carbons (Fsp3) is 0.636. The molecule has 0 aliphatic rings. The molecule has 0 bridgehead atoms. The van der Waals surface area contributed by atoms with Gasteiger partial charge in [0.2, 0.25) is 0 Å². The van der Waals surface area contributed by atoms with E-state index in [2.05, 4.69) is 41.1 Å². The minimum Gasteiger partial charge on any atom is -0.369 e. The number of nitrogens with one attached hydrogen (secondary N) is 1. The Balaban J connectivity index is 2.62. The van der Waals surface area contributed by atoms with Gasteiger partial charge in [0.1, 0.15) is 11.6 Å². The normalized spacial score (nSPS) is 10.1. The van der Waals surface area contributed by atoms with Crippen LogP contribution in [0.2, 0.25) is 0 Å². The van der Waals surface area contributed by atoms with Crippen LogP contribution in [-0.4, -0.2) is 30.1 Å². The monoisotopic (exact) mass is 208 g/mol. The van der Waals surface area contributed by atoms with Crippen LogP contribution >= 0.6 is 0 Å². The van der Waals surface area contributed by atoms with E-state index < -0.39 is 0 Å². The van der Waals surface area contributed by atoms with E-state index >= 15 is 0 Å². The van der Waals surface area contributed by atoms with Gasteiger partial charge in [0, 0.05) is 20.1 Å². The van der Waals surface area contributed by atoms with Crippen LogP contribution in [-0.2, 0) is 0 Å². The van der Waals surface area contributed by atoms with E-state index in [1.807, 2.05) is 0 Å². The predicted molar refractivity (Wildman–Crippen MR) is 64.4 cm³/mol. The van der Waals surface area contributed by atoms with Gasteiger partial charge in [0.05, 0.1) is 12.4 Å². The number of unbranched alkanes of at least 4 members (excludes halogenated alkanes) is 1. The first-order valence-electron chi connectivity index (χ1n) is 5.55. The summed E-state index contributed by atoms with van der Waals surface area (Å²) < 4.78 is 0. The lowest BCUT2D eigenvalue weighted by Crippen LogP contribution is -2.20. The number of aromatic nitrogens is 2. The maximum absolute atomic E-state index is 4.47. The Kier molecular flexibility index (Phi) is 4.87. The number of anilines is 2. The summed E-state index contributed by atoms with van der Waals surface area (Å²) in [7, 11) is 2.05. The number of nitrogens with zero attached hydrogens (tertiary/aromatic N) is 3. The van der Waals surface area contributed by atoms with Crippen molar-refractivity contribution in [2.45, 2.75) is 26.7 Å². The Morgan fingerprint density at radius 2 is 2.13 bits per heavy atom. The average molecular weight is 208 g/mol. The highest BCUT2D eigenvalue weighted by atomic mass is 15.2. The topological polar surface area (TPSA) is 41.1 Å². The van der Waals surface area contributed by atoms with E-state index in [0.717, 1.165) is 24.7 Å². The Morgan fingerprint density at radius 3 is 2.80 bits per heavy atom. The van der Waals surface area contributed by atoms with Crippen LogP contribution in [0.15, 0.2) is 12.4 Å². The van der Waals surface area contributed by atoms with E-state index in [0.29, 0.717) is 0 Å². The van der Waals surface area contributed by atoms with Gasteiger partial charge in [-0.15, -0.1) is 0 Å². The van der Waals surface area contributed by atoms with Gasteiger partial charge in [-0.1, -0.05) is 13.3 Å². The minimum atomic E-state index is 0.846. The van der Waals surface area contributed by atoms with E-state index in [1.54, 1.807) is 12.4 Å². The summed E-state index contributed by atoms with van der Waals surface area (Å²) in [5, 5.41) is 3.16. The highest BCUT2D eigenvalue weighted by Gasteiger charge is 2.02. The molecule has 0 unspecified atom stereocenters. The molecule has 0 atom stereocenters. The van der Waals surface area contributed by atoms with Gasteiger partial charge < -0.3 is 10.2 Å². The van der Waals surface area contributed by atoms with Crippen LogP contribution in [0.1, 0.15) is 26.7 Å². The summed E-state index contributed by atoms with van der Waals surface area (Å²) in [5.41, 5.74) is 0. The van der Waals surface area contributed by atoms with E-state index in [4.69, 9.17) is 0 Å². The maximum atomic E-state index is 4.47. The Labute approximate surface area is 91.7 Å². The van der Waals surface area contributed by atoms with Gasteiger partial charge in [0.25, 0.3) is 0 Å². The molecule has 4 heteroatoms. The first kappa shape index (κ1) is 11.8. The lowest BCUT2D eigenvalue weighted by molar-refractivity contribution is 0.758. The van der Waals surface area contributed by atoms with Crippen LogP contribution in [0.5, 0.6) is 0 Å². The Bertz CT molecular complexity index is 288. The maximum Gasteiger partial charge on any atom is 0.149 e. The second-order valence-electron chi connectivity index (χ2n) is 3.57. The van der Waals surface area contributed by atoms with Crippen molar-refractivity contribution in [3.05, 3.63) is 12.4 Å². The van der Waals surface area contributed by atoms with Crippen molar-refractivity contribution < 1.29 is 0 Å². The third-order valence-corrected chi connectivity index (χ3v) is 2.22. The summed E-state index contributed by atoms with van der Waals surface area (Å²) in [6.07, 6.45) is 5.94. The van der Waals surface area contributed by atoms with Crippen molar-refractivity contribution in [3.63, 3.8) is 0 Å². The quantitative estimate of drug-likeness (QED) is 0.777. The SMILES string of the molecule is CCCCN(C)c1cncc(NCC)n1. The zero-order valence-electron chi connectivity index (χ0n) is 9.82. The average Bonchev–Trinajstić information content (AvgIpc) is 2.27. The Morgan fingerprint density at radius 1 is 1.33 bits per heavy atom. The second kappa shape index (κ2) is 6.22. The molecule has 1 rings (SSSR count). The molecule has 1 aromatic rings. The first-order valence-corrected chi connectivity index (χ1v) is 5.55. The first-order chi connectivity index (χ1) is 7.27. The molecule has 4 nitrogen and oxygen atoms in total. The van der Waals surface area contributed by atoms with Crippen LogP contribution in [0.3, 0.4) is 0 Å². The minimum absolute atomic E-state index is 0.846. The van der Waals surface area contributed by atoms with Gasteiger partial charge in [-0.05, 0) is 13.3 Å². The third kappa shape index (κ3) is 3.73. The highest BCUT2D eigenvalue weighted by molar-refractivity contribution is 5.42. The number of rotatable bonds is 6. The standard InChI is InChI=1S/C11H20N4/c1-4-6-7-15(3)11-9-12-8-10(14-11)13-5-2/h8-9H,4-7H2,1-3H3,(H,13,14). The summed E-state index contributed by atoms with van der Waals surface area (Å²) in [6, 6.07) is 0. The molecular formula is C11H20N4. The molecule has 0 saturated heterocycles. The van der Waals surface area contributed by atoms with Gasteiger partial charge >= 0.3 is 0 Å². The van der Waals surface area contributed by atoms with Crippen molar-refractivity contribution in [2.24, 2.45) is 0 Å². The molecular weight excluding hydrogens is 188 g/mol. The highest BCUT2D eigenvalue weighted by Crippen LogP contribution is 2.11. The van der Waals surface area contributed by atoms with Crippen molar-refractivity contribution in [1.82, 2.24) is 9.97 Å². The molecule has 15 heavy (non-hydrogen) atoms. The van der Waals surface area contributed by atoms with Gasteiger partial charge in [-0.25, -0.2) is 4.98 Å². The largest absolute Gasteiger partial charge is 0.369 e. The molecule has 0 saturated carbocycles. The molecule has 1 N–H and O–H groups in total. The fourth-order valence-electron chi connectivity index (χ4n) is 1.32. The molecule has 0 aliphatic carbocycles. The summed E-state index contributed by atoms with van der Waals surface area (Å²) in [6.45, 7) is 6.14. The second-order valence-corrected chi connectivity index (χ2v) is 3.57. The molecule has 1 heterocycles. The van der Waals surface area contributed by atoms with Gasteiger partial charge in [-0.2, -0.15) is 0 Å². The predicted octanol–water partition coefficient (Wildman–Crippen LogP) is 2.14. The van der Waals surface area contributed by atoms with Crippen molar-refractivity contribution in [3.8, 4) is 0 Å². The lowest BCUT2D eigenvalue weighted by Gasteiger charge is -2.17. The van der Waals surface area contributed by atoms with E-state index in [1.165, 1.54) is 12.8 Å². The number of hydrogen-bond donors (Lipinski definition) is 1. The smallest absolute Gasteiger partial charge is 0.149 e. The summed E-state index contributed by atoms with van der Waals surface area (Å²) in [5.74, 6) is 1.78. The summed E-state index contributed by atoms with van der Waals surface area (Å²) >= 11 is 0. The molecule has 0 fully saturated rings. The zero-order valence-corrected chi connectivity index (χ0v) is 9.82. The van der Waals surface area contributed by atoms with Crippen LogP contribution in [0, 0.1) is 0 Å². The fourth-order valence-corrected chi connectivity index (χ4v) is 1.32. The molecule has 1 aromatic heterocycles. The van der Waals surface area contributed by atoms with Crippen molar-refractivity contribution in [1.29, 1.82) is 0 Å². The molecule has 84 valence electrons. The van der Waals surface area contributed by atoms with Crippen molar-refractivity contribution in [2.75, 3.05) is 30.4 Å². The summed E-state index contributed by atoms with van der Waals surface area (Å²) in [4.78, 5) is 10.8. The van der Waals surface area contributed by atoms with Crippen molar-refractivity contribution >= 4 is 11.6 Å². The zero-order chi connectivity index (χ0) is 11.1. The lowest BCUT2D eigenvalue weighted by atomic mass is 10.3. The third-order valence-electron chi connectivity index (χ3n) is 2.22. The number of hydrogen-bond acceptors (Lipinski definition) is 4.